The Balaban J connectivity index is 1.47. The summed E-state index contributed by atoms with van der Waals surface area (Å²) in [5.74, 6) is 0.0893. The molecule has 0 atom stereocenters. The monoisotopic (exact) mass is 356 g/mol. The van der Waals surface area contributed by atoms with Crippen LogP contribution in [0.3, 0.4) is 0 Å². The number of hydrogen-bond donors (Lipinski definition) is 2. The fraction of sp³-hybridized carbons (Fsp3) is 0.500. The number of aromatic nitrogens is 2. The van der Waals surface area contributed by atoms with Gasteiger partial charge >= 0.3 is 0 Å². The van der Waals surface area contributed by atoms with Gasteiger partial charge in [-0.05, 0) is 50.0 Å². The molecule has 0 radical (unpaired) electrons. The molecule has 2 N–H and O–H groups in total. The molecule has 0 aliphatic carbocycles. The summed E-state index contributed by atoms with van der Waals surface area (Å²) in [4.78, 5) is 12.3. The number of amides is 1. The molecule has 0 spiro atoms. The number of rotatable bonds is 8. The van der Waals surface area contributed by atoms with E-state index in [1.54, 1.807) is 7.11 Å². The number of carbonyl (C=O) groups excluding carboxylic acids is 1. The molecule has 6 nitrogen and oxygen atoms in total. The van der Waals surface area contributed by atoms with E-state index >= 15 is 0 Å². The van der Waals surface area contributed by atoms with Crippen LogP contribution in [-0.2, 0) is 16.0 Å². The van der Waals surface area contributed by atoms with Crippen molar-refractivity contribution >= 4 is 5.91 Å². The van der Waals surface area contributed by atoms with Gasteiger partial charge in [-0.1, -0.05) is 18.2 Å². The number of hydrogen-bond acceptors (Lipinski definition) is 4. The number of ether oxygens (including phenoxy) is 1. The SMILES string of the molecule is COCC1(CNC(=O)CCc2cnn(-c3ccccc3)c2)CCNCC1. The van der Waals surface area contributed by atoms with E-state index in [1.807, 2.05) is 47.4 Å². The van der Waals surface area contributed by atoms with E-state index in [0.29, 0.717) is 26.0 Å². The second-order valence-electron chi connectivity index (χ2n) is 7.09. The number of aryl methyl sites for hydroxylation is 1. The first-order valence-electron chi connectivity index (χ1n) is 9.26. The van der Waals surface area contributed by atoms with Crippen LogP contribution >= 0.6 is 0 Å². The van der Waals surface area contributed by atoms with Gasteiger partial charge in [-0.2, -0.15) is 5.10 Å². The summed E-state index contributed by atoms with van der Waals surface area (Å²) in [5, 5.41) is 10.9. The lowest BCUT2D eigenvalue weighted by Gasteiger charge is -2.37. The maximum atomic E-state index is 12.3. The Hall–Kier alpha value is -2.18. The van der Waals surface area contributed by atoms with Gasteiger partial charge in [-0.3, -0.25) is 4.79 Å². The third-order valence-corrected chi connectivity index (χ3v) is 5.07. The molecule has 1 saturated heterocycles. The molecule has 1 aliphatic heterocycles. The van der Waals surface area contributed by atoms with E-state index in [4.69, 9.17) is 4.74 Å². The van der Waals surface area contributed by atoms with Crippen LogP contribution in [0.1, 0.15) is 24.8 Å². The van der Waals surface area contributed by atoms with Crippen LogP contribution in [0.2, 0.25) is 0 Å². The Morgan fingerprint density at radius 1 is 1.31 bits per heavy atom. The van der Waals surface area contributed by atoms with Crippen LogP contribution in [0.5, 0.6) is 0 Å². The minimum absolute atomic E-state index is 0.0633. The van der Waals surface area contributed by atoms with E-state index in [2.05, 4.69) is 15.7 Å². The highest BCUT2D eigenvalue weighted by atomic mass is 16.5. The summed E-state index contributed by atoms with van der Waals surface area (Å²) in [7, 11) is 1.73. The van der Waals surface area contributed by atoms with Gasteiger partial charge in [0.05, 0.1) is 18.5 Å². The molecule has 0 saturated carbocycles. The van der Waals surface area contributed by atoms with E-state index in [0.717, 1.165) is 37.2 Å². The molecule has 2 heterocycles. The largest absolute Gasteiger partial charge is 0.384 e. The highest BCUT2D eigenvalue weighted by Gasteiger charge is 2.32. The van der Waals surface area contributed by atoms with E-state index in [1.165, 1.54) is 0 Å². The van der Waals surface area contributed by atoms with Crippen molar-refractivity contribution in [2.75, 3.05) is 33.4 Å². The summed E-state index contributed by atoms with van der Waals surface area (Å²) in [6.45, 7) is 3.35. The Labute approximate surface area is 154 Å². The highest BCUT2D eigenvalue weighted by molar-refractivity contribution is 5.76. The van der Waals surface area contributed by atoms with Crippen LogP contribution < -0.4 is 10.6 Å². The van der Waals surface area contributed by atoms with E-state index in [9.17, 15) is 4.79 Å². The lowest BCUT2D eigenvalue weighted by molar-refractivity contribution is -0.122. The molecule has 0 unspecified atom stereocenters. The topological polar surface area (TPSA) is 68.2 Å². The second-order valence-corrected chi connectivity index (χ2v) is 7.09. The zero-order valence-electron chi connectivity index (χ0n) is 15.4. The van der Waals surface area contributed by atoms with Crippen molar-refractivity contribution in [1.82, 2.24) is 20.4 Å². The van der Waals surface area contributed by atoms with Crippen LogP contribution in [0.25, 0.3) is 5.69 Å². The Bertz CT molecular complexity index is 687. The normalized spacial score (nSPS) is 16.3. The van der Waals surface area contributed by atoms with Crippen molar-refractivity contribution in [2.45, 2.75) is 25.7 Å². The lowest BCUT2D eigenvalue weighted by Crippen LogP contribution is -2.47. The molecular formula is C20H28N4O2. The van der Waals surface area contributed by atoms with Gasteiger partial charge < -0.3 is 15.4 Å². The smallest absolute Gasteiger partial charge is 0.220 e. The van der Waals surface area contributed by atoms with Gasteiger partial charge in [-0.15, -0.1) is 0 Å². The van der Waals surface area contributed by atoms with Crippen molar-refractivity contribution < 1.29 is 9.53 Å². The zero-order chi connectivity index (χ0) is 18.2. The lowest BCUT2D eigenvalue weighted by atomic mass is 9.79. The number of benzene rings is 1. The van der Waals surface area contributed by atoms with Crippen molar-refractivity contribution in [2.24, 2.45) is 5.41 Å². The number of nitrogens with one attached hydrogen (secondary N) is 2. The van der Waals surface area contributed by atoms with Crippen LogP contribution in [0, 0.1) is 5.41 Å². The molecule has 6 heteroatoms. The average Bonchev–Trinajstić information content (AvgIpc) is 3.16. The maximum Gasteiger partial charge on any atom is 0.220 e. The van der Waals surface area contributed by atoms with Gasteiger partial charge in [0.2, 0.25) is 5.91 Å². The molecule has 140 valence electrons. The molecule has 1 aromatic carbocycles. The number of nitrogens with zero attached hydrogens (tertiary/aromatic N) is 2. The molecule has 3 rings (SSSR count). The fourth-order valence-corrected chi connectivity index (χ4v) is 3.48. The van der Waals surface area contributed by atoms with Crippen LogP contribution in [0.15, 0.2) is 42.7 Å². The molecule has 2 aromatic rings. The molecule has 1 fully saturated rings. The van der Waals surface area contributed by atoms with Crippen molar-refractivity contribution in [3.05, 3.63) is 48.3 Å². The van der Waals surface area contributed by atoms with Crippen LogP contribution in [0.4, 0.5) is 0 Å². The highest BCUT2D eigenvalue weighted by Crippen LogP contribution is 2.28. The molecule has 1 aromatic heterocycles. The standard InChI is InChI=1S/C20H28N4O2/c1-26-16-20(9-11-21-12-10-20)15-22-19(25)8-7-17-13-23-24(14-17)18-5-3-2-4-6-18/h2-6,13-14,21H,7-12,15-16H2,1H3,(H,22,25). The minimum Gasteiger partial charge on any atom is -0.384 e. The summed E-state index contributed by atoms with van der Waals surface area (Å²) in [6, 6.07) is 9.98. The fourth-order valence-electron chi connectivity index (χ4n) is 3.48. The summed E-state index contributed by atoms with van der Waals surface area (Å²) in [5.41, 5.74) is 2.15. The summed E-state index contributed by atoms with van der Waals surface area (Å²) in [6.07, 6.45) is 7.05. The summed E-state index contributed by atoms with van der Waals surface area (Å²) >= 11 is 0. The quantitative estimate of drug-likeness (QED) is 0.758. The van der Waals surface area contributed by atoms with Crippen LogP contribution in [-0.4, -0.2) is 49.0 Å². The van der Waals surface area contributed by atoms with E-state index < -0.39 is 0 Å². The number of methoxy groups -OCH3 is 1. The molecule has 1 aliphatic rings. The van der Waals surface area contributed by atoms with Crippen molar-refractivity contribution in [3.8, 4) is 5.69 Å². The third-order valence-electron chi connectivity index (χ3n) is 5.07. The van der Waals surface area contributed by atoms with Gasteiger partial charge in [0.15, 0.2) is 0 Å². The molecule has 0 bridgehead atoms. The Morgan fingerprint density at radius 3 is 2.81 bits per heavy atom. The predicted molar refractivity (Wildman–Crippen MR) is 101 cm³/mol. The van der Waals surface area contributed by atoms with Crippen molar-refractivity contribution in [1.29, 1.82) is 0 Å². The second kappa shape index (κ2) is 8.96. The molecule has 1 amide bonds. The third kappa shape index (κ3) is 4.93. The van der Waals surface area contributed by atoms with E-state index in [-0.39, 0.29) is 11.3 Å². The molecule has 26 heavy (non-hydrogen) atoms. The Kier molecular flexibility index (Phi) is 6.41. The van der Waals surface area contributed by atoms with Gasteiger partial charge in [0, 0.05) is 31.7 Å². The van der Waals surface area contributed by atoms with Crippen molar-refractivity contribution in [3.63, 3.8) is 0 Å². The number of carbonyl (C=O) groups is 1. The number of piperidine rings is 1. The summed E-state index contributed by atoms with van der Waals surface area (Å²) < 4.78 is 7.24. The van der Waals surface area contributed by atoms with Gasteiger partial charge in [0.1, 0.15) is 0 Å². The minimum atomic E-state index is 0.0633. The van der Waals surface area contributed by atoms with Gasteiger partial charge in [-0.25, -0.2) is 4.68 Å². The maximum absolute atomic E-state index is 12.3. The predicted octanol–water partition coefficient (Wildman–Crippen LogP) is 1.94. The first-order valence-corrected chi connectivity index (χ1v) is 9.26. The number of para-hydroxylation sites is 1. The molecular weight excluding hydrogens is 328 g/mol. The van der Waals surface area contributed by atoms with Gasteiger partial charge in [0.25, 0.3) is 0 Å². The average molecular weight is 356 g/mol. The first kappa shape index (κ1) is 18.6. The Morgan fingerprint density at radius 2 is 2.08 bits per heavy atom. The zero-order valence-corrected chi connectivity index (χ0v) is 15.4. The first-order chi connectivity index (χ1) is 12.7.